The normalized spacial score (nSPS) is 24.4. The number of carboxylic acid groups (broad SMARTS) is 1. The van der Waals surface area contributed by atoms with E-state index in [1.807, 2.05) is 0 Å². The average Bonchev–Trinajstić information content (AvgIpc) is 3.10. The highest BCUT2D eigenvalue weighted by Crippen LogP contribution is 2.35. The summed E-state index contributed by atoms with van der Waals surface area (Å²) < 4.78 is 0. The van der Waals surface area contributed by atoms with Gasteiger partial charge in [-0.2, -0.15) is 0 Å². The predicted molar refractivity (Wildman–Crippen MR) is 64.1 cm³/mol. The van der Waals surface area contributed by atoms with Gasteiger partial charge in [0, 0.05) is 13.1 Å². The third-order valence-corrected chi connectivity index (χ3v) is 4.01. The van der Waals surface area contributed by atoms with Gasteiger partial charge in [-0.15, -0.1) is 0 Å². The van der Waals surface area contributed by atoms with Gasteiger partial charge in [0.1, 0.15) is 5.54 Å². The molecule has 0 aromatic heterocycles. The molecule has 102 valence electrons. The van der Waals surface area contributed by atoms with E-state index in [1.165, 1.54) is 0 Å². The number of hydrogen-bond donors (Lipinski definition) is 3. The Kier molecular flexibility index (Phi) is 3.47. The number of aliphatic hydroxyl groups is 1. The van der Waals surface area contributed by atoms with Gasteiger partial charge in [0.15, 0.2) is 0 Å². The Morgan fingerprint density at radius 3 is 2.28 bits per heavy atom. The number of aliphatic carboxylic acids is 1. The van der Waals surface area contributed by atoms with E-state index in [-0.39, 0.29) is 18.1 Å². The lowest BCUT2D eigenvalue weighted by Gasteiger charge is -2.33. The van der Waals surface area contributed by atoms with Gasteiger partial charge in [-0.1, -0.05) is 0 Å². The SMILES string of the molecule is CC(O)C1CCN(C(=O)NC2(C(=O)O)CC2)CC1. The van der Waals surface area contributed by atoms with Crippen LogP contribution in [0.15, 0.2) is 0 Å². The largest absolute Gasteiger partial charge is 0.480 e. The maximum atomic E-state index is 11.9. The van der Waals surface area contributed by atoms with Crippen LogP contribution in [-0.4, -0.2) is 51.8 Å². The molecule has 0 spiro atoms. The molecule has 2 rings (SSSR count). The second kappa shape index (κ2) is 4.76. The molecule has 1 aliphatic carbocycles. The van der Waals surface area contributed by atoms with Crippen molar-refractivity contribution in [2.24, 2.45) is 5.92 Å². The summed E-state index contributed by atoms with van der Waals surface area (Å²) >= 11 is 0. The topological polar surface area (TPSA) is 89.9 Å². The molecular weight excluding hydrogens is 236 g/mol. The van der Waals surface area contributed by atoms with Crippen LogP contribution in [0.3, 0.4) is 0 Å². The number of urea groups is 1. The van der Waals surface area contributed by atoms with Crippen molar-refractivity contribution in [3.05, 3.63) is 0 Å². The van der Waals surface area contributed by atoms with Crippen LogP contribution in [0, 0.1) is 5.92 Å². The molecule has 1 saturated carbocycles. The lowest BCUT2D eigenvalue weighted by atomic mass is 9.92. The lowest BCUT2D eigenvalue weighted by molar-refractivity contribution is -0.140. The van der Waals surface area contributed by atoms with E-state index in [9.17, 15) is 14.7 Å². The third kappa shape index (κ3) is 2.58. The maximum Gasteiger partial charge on any atom is 0.329 e. The van der Waals surface area contributed by atoms with E-state index in [1.54, 1.807) is 11.8 Å². The van der Waals surface area contributed by atoms with Crippen molar-refractivity contribution in [1.82, 2.24) is 10.2 Å². The summed E-state index contributed by atoms with van der Waals surface area (Å²) in [5.41, 5.74) is -1.02. The highest BCUT2D eigenvalue weighted by atomic mass is 16.4. The van der Waals surface area contributed by atoms with Crippen LogP contribution in [0.1, 0.15) is 32.6 Å². The zero-order valence-corrected chi connectivity index (χ0v) is 10.6. The van der Waals surface area contributed by atoms with E-state index >= 15 is 0 Å². The molecule has 6 nitrogen and oxygen atoms in total. The summed E-state index contributed by atoms with van der Waals surface area (Å²) in [6.07, 6.45) is 2.22. The summed E-state index contributed by atoms with van der Waals surface area (Å²) in [5.74, 6) is -0.710. The minimum Gasteiger partial charge on any atom is -0.480 e. The van der Waals surface area contributed by atoms with Gasteiger partial charge in [0.25, 0.3) is 0 Å². The molecule has 1 heterocycles. The molecule has 1 saturated heterocycles. The number of likely N-dealkylation sites (tertiary alicyclic amines) is 1. The van der Waals surface area contributed by atoms with E-state index in [2.05, 4.69) is 5.32 Å². The first-order chi connectivity index (χ1) is 8.44. The van der Waals surface area contributed by atoms with Gasteiger partial charge in [0.2, 0.25) is 0 Å². The molecular formula is C12H20N2O4. The van der Waals surface area contributed by atoms with E-state index in [0.29, 0.717) is 25.9 Å². The van der Waals surface area contributed by atoms with Crippen LogP contribution in [-0.2, 0) is 4.79 Å². The first-order valence-corrected chi connectivity index (χ1v) is 6.43. The number of nitrogens with zero attached hydrogens (tertiary/aromatic N) is 1. The first kappa shape index (κ1) is 13.1. The smallest absolute Gasteiger partial charge is 0.329 e. The molecule has 3 N–H and O–H groups in total. The van der Waals surface area contributed by atoms with E-state index in [0.717, 1.165) is 12.8 Å². The minimum atomic E-state index is -1.02. The Morgan fingerprint density at radius 2 is 1.89 bits per heavy atom. The zero-order valence-electron chi connectivity index (χ0n) is 10.6. The Hall–Kier alpha value is -1.30. The molecule has 2 fully saturated rings. The van der Waals surface area contributed by atoms with Crippen LogP contribution in [0.2, 0.25) is 0 Å². The van der Waals surface area contributed by atoms with Crippen LogP contribution in [0.25, 0.3) is 0 Å². The van der Waals surface area contributed by atoms with Crippen molar-refractivity contribution >= 4 is 12.0 Å². The average molecular weight is 256 g/mol. The number of carbonyl (C=O) groups is 2. The molecule has 2 aliphatic rings. The van der Waals surface area contributed by atoms with E-state index in [4.69, 9.17) is 5.11 Å². The van der Waals surface area contributed by atoms with Gasteiger partial charge < -0.3 is 20.4 Å². The van der Waals surface area contributed by atoms with Gasteiger partial charge in [-0.3, -0.25) is 0 Å². The molecule has 0 aromatic rings. The summed E-state index contributed by atoms with van der Waals surface area (Å²) in [6, 6.07) is -0.293. The second-order valence-electron chi connectivity index (χ2n) is 5.38. The number of amides is 2. The van der Waals surface area contributed by atoms with Crippen molar-refractivity contribution in [2.75, 3.05) is 13.1 Å². The molecule has 0 aromatic carbocycles. The molecule has 2 amide bonds. The number of nitrogens with one attached hydrogen (secondary N) is 1. The Morgan fingerprint density at radius 1 is 1.33 bits per heavy atom. The fourth-order valence-corrected chi connectivity index (χ4v) is 2.39. The minimum absolute atomic E-state index is 0.239. The molecule has 1 unspecified atom stereocenters. The standard InChI is InChI=1S/C12H20N2O4/c1-8(15)9-2-6-14(7-3-9)11(18)13-12(4-5-12)10(16)17/h8-9,15H,2-7H2,1H3,(H,13,18)(H,16,17). The van der Waals surface area contributed by atoms with Crippen molar-refractivity contribution in [3.8, 4) is 0 Å². The van der Waals surface area contributed by atoms with Gasteiger partial charge in [-0.05, 0) is 38.5 Å². The summed E-state index contributed by atoms with van der Waals surface area (Å²) in [5, 5.41) is 21.1. The Balaban J connectivity index is 1.83. The Labute approximate surface area is 106 Å². The van der Waals surface area contributed by atoms with Gasteiger partial charge in [0.05, 0.1) is 6.10 Å². The molecule has 18 heavy (non-hydrogen) atoms. The first-order valence-electron chi connectivity index (χ1n) is 6.43. The highest BCUT2D eigenvalue weighted by Gasteiger charge is 2.52. The highest BCUT2D eigenvalue weighted by molar-refractivity contribution is 5.88. The number of carbonyl (C=O) groups excluding carboxylic acids is 1. The zero-order chi connectivity index (χ0) is 13.3. The van der Waals surface area contributed by atoms with Crippen LogP contribution < -0.4 is 5.32 Å². The van der Waals surface area contributed by atoms with Crippen molar-refractivity contribution < 1.29 is 19.8 Å². The van der Waals surface area contributed by atoms with Crippen LogP contribution in [0.4, 0.5) is 4.79 Å². The summed E-state index contributed by atoms with van der Waals surface area (Å²) in [4.78, 5) is 24.5. The summed E-state index contributed by atoms with van der Waals surface area (Å²) in [6.45, 7) is 2.93. The molecule has 1 atom stereocenters. The Bertz CT molecular complexity index is 344. The molecule has 1 aliphatic heterocycles. The van der Waals surface area contributed by atoms with Gasteiger partial charge in [-0.25, -0.2) is 9.59 Å². The molecule has 0 bridgehead atoms. The number of piperidine rings is 1. The third-order valence-electron chi connectivity index (χ3n) is 4.01. The monoisotopic (exact) mass is 256 g/mol. The number of hydrogen-bond acceptors (Lipinski definition) is 3. The lowest BCUT2D eigenvalue weighted by Crippen LogP contribution is -2.52. The molecule has 6 heteroatoms. The molecule has 0 radical (unpaired) electrons. The van der Waals surface area contributed by atoms with E-state index < -0.39 is 11.5 Å². The summed E-state index contributed by atoms with van der Waals surface area (Å²) in [7, 11) is 0. The van der Waals surface area contributed by atoms with Gasteiger partial charge >= 0.3 is 12.0 Å². The quantitative estimate of drug-likeness (QED) is 0.682. The van der Waals surface area contributed by atoms with Crippen molar-refractivity contribution in [2.45, 2.75) is 44.2 Å². The van der Waals surface area contributed by atoms with Crippen LogP contribution in [0.5, 0.6) is 0 Å². The van der Waals surface area contributed by atoms with Crippen LogP contribution >= 0.6 is 0 Å². The fourth-order valence-electron chi connectivity index (χ4n) is 2.39. The second-order valence-corrected chi connectivity index (χ2v) is 5.38. The number of carboxylic acids is 1. The number of aliphatic hydroxyl groups excluding tert-OH is 1. The van der Waals surface area contributed by atoms with Crippen molar-refractivity contribution in [1.29, 1.82) is 0 Å². The fraction of sp³-hybridized carbons (Fsp3) is 0.833. The number of rotatable bonds is 3. The van der Waals surface area contributed by atoms with Crippen molar-refractivity contribution in [3.63, 3.8) is 0 Å². The predicted octanol–water partition coefficient (Wildman–Crippen LogP) is 0.406. The maximum absolute atomic E-state index is 11.9.